The van der Waals surface area contributed by atoms with Gasteiger partial charge in [-0.1, -0.05) is 23.7 Å². The SMILES string of the molecule is Cc1ccc(C)n1-c1ccc(OCc2ccc(C(=O)N/N=C/c3cc(C)n(-c4ccc(OCc5ccc(Cl)cc5)cc4)c3C)o2)cc1. The van der Waals surface area contributed by atoms with Crippen molar-refractivity contribution in [2.24, 2.45) is 5.10 Å². The van der Waals surface area contributed by atoms with E-state index >= 15 is 0 Å². The fraction of sp³-hybridized carbons (Fsp3) is 0.158. The first-order valence-electron chi connectivity index (χ1n) is 15.2. The molecule has 0 spiro atoms. The maximum absolute atomic E-state index is 12.7. The smallest absolute Gasteiger partial charge is 0.307 e. The molecule has 1 amide bonds. The summed E-state index contributed by atoms with van der Waals surface area (Å²) in [4.78, 5) is 12.7. The fourth-order valence-corrected chi connectivity index (χ4v) is 5.60. The molecule has 1 N–H and O–H groups in total. The molecule has 0 saturated carbocycles. The molecule has 0 bridgehead atoms. The van der Waals surface area contributed by atoms with Crippen LogP contribution in [-0.2, 0) is 13.2 Å². The highest BCUT2D eigenvalue weighted by Crippen LogP contribution is 2.24. The van der Waals surface area contributed by atoms with Crippen molar-refractivity contribution in [2.75, 3.05) is 0 Å². The first kappa shape index (κ1) is 31.5. The van der Waals surface area contributed by atoms with Gasteiger partial charge in [-0.05, 0) is 124 Å². The summed E-state index contributed by atoms with van der Waals surface area (Å²) in [6.45, 7) is 8.85. The number of rotatable bonds is 11. The third kappa shape index (κ3) is 7.34. The molecular weight excluding hydrogens is 612 g/mol. The molecule has 0 aliphatic heterocycles. The quantitative estimate of drug-likeness (QED) is 0.113. The molecule has 238 valence electrons. The van der Waals surface area contributed by atoms with Gasteiger partial charge >= 0.3 is 5.91 Å². The van der Waals surface area contributed by atoms with Crippen molar-refractivity contribution in [3.05, 3.63) is 154 Å². The number of hydrazone groups is 1. The van der Waals surface area contributed by atoms with Crippen LogP contribution in [0.1, 0.15) is 50.2 Å². The Hall–Kier alpha value is -5.47. The average molecular weight is 647 g/mol. The Bertz CT molecular complexity index is 2000. The maximum Gasteiger partial charge on any atom is 0.307 e. The van der Waals surface area contributed by atoms with Gasteiger partial charge in [-0.25, -0.2) is 5.43 Å². The standard InChI is InChI=1S/C38H35ClN4O4/c1-25-5-6-26(2)42(25)32-11-15-35(16-12-32)46-24-36-19-20-37(47-36)38(44)41-40-22-30-21-27(3)43(28(30)4)33-13-17-34(18-14-33)45-23-29-7-9-31(39)10-8-29/h5-22H,23-24H2,1-4H3,(H,41,44)/b40-22+. The van der Waals surface area contributed by atoms with Crippen LogP contribution in [0.25, 0.3) is 11.4 Å². The van der Waals surface area contributed by atoms with E-state index < -0.39 is 5.91 Å². The topological polar surface area (TPSA) is 82.9 Å². The zero-order valence-corrected chi connectivity index (χ0v) is 27.4. The van der Waals surface area contributed by atoms with E-state index in [2.05, 4.69) is 45.6 Å². The monoisotopic (exact) mass is 646 g/mol. The lowest BCUT2D eigenvalue weighted by Gasteiger charge is -2.11. The van der Waals surface area contributed by atoms with E-state index in [1.54, 1.807) is 18.3 Å². The Kier molecular flexibility index (Phi) is 9.31. The Morgan fingerprint density at radius 2 is 1.34 bits per heavy atom. The Labute approximate surface area is 278 Å². The second kappa shape index (κ2) is 13.9. The van der Waals surface area contributed by atoms with Crippen molar-refractivity contribution in [3.63, 3.8) is 0 Å². The van der Waals surface area contributed by atoms with Gasteiger partial charge in [-0.3, -0.25) is 4.79 Å². The summed E-state index contributed by atoms with van der Waals surface area (Å²) in [6, 6.07) is 32.9. The van der Waals surface area contributed by atoms with Gasteiger partial charge in [0.25, 0.3) is 0 Å². The van der Waals surface area contributed by atoms with Gasteiger partial charge in [0.05, 0.1) is 6.21 Å². The second-order valence-corrected chi connectivity index (χ2v) is 11.7. The molecular formula is C38H35ClN4O4. The van der Waals surface area contributed by atoms with Crippen LogP contribution in [0.15, 0.2) is 113 Å². The number of halogens is 1. The van der Waals surface area contributed by atoms with Gasteiger partial charge in [-0.15, -0.1) is 0 Å². The minimum Gasteiger partial charge on any atom is -0.489 e. The van der Waals surface area contributed by atoms with Crippen molar-refractivity contribution in [1.82, 2.24) is 14.6 Å². The molecule has 0 aliphatic rings. The van der Waals surface area contributed by atoms with Gasteiger partial charge in [0.2, 0.25) is 0 Å². The van der Waals surface area contributed by atoms with Gasteiger partial charge in [0, 0.05) is 44.7 Å². The number of hydrogen-bond acceptors (Lipinski definition) is 5. The van der Waals surface area contributed by atoms with Crippen molar-refractivity contribution >= 4 is 23.7 Å². The van der Waals surface area contributed by atoms with Crippen molar-refractivity contribution in [3.8, 4) is 22.9 Å². The summed E-state index contributed by atoms with van der Waals surface area (Å²) in [5.41, 5.74) is 10.9. The van der Waals surface area contributed by atoms with Crippen molar-refractivity contribution in [1.29, 1.82) is 0 Å². The summed E-state index contributed by atoms with van der Waals surface area (Å²) in [7, 11) is 0. The number of furan rings is 1. The number of ether oxygens (including phenoxy) is 2. The van der Waals surface area contributed by atoms with Gasteiger partial charge in [0.15, 0.2) is 5.76 Å². The number of aryl methyl sites for hydroxylation is 3. The van der Waals surface area contributed by atoms with Crippen LogP contribution in [0.5, 0.6) is 11.5 Å². The minimum absolute atomic E-state index is 0.151. The van der Waals surface area contributed by atoms with Crippen LogP contribution in [0.3, 0.4) is 0 Å². The molecule has 0 unspecified atom stereocenters. The molecule has 3 aromatic carbocycles. The normalized spacial score (nSPS) is 11.3. The molecule has 0 atom stereocenters. The molecule has 47 heavy (non-hydrogen) atoms. The number of benzene rings is 3. The number of hydrogen-bond donors (Lipinski definition) is 1. The van der Waals surface area contributed by atoms with E-state index in [1.807, 2.05) is 92.7 Å². The molecule has 3 aromatic heterocycles. The van der Waals surface area contributed by atoms with Crippen molar-refractivity contribution < 1.29 is 18.7 Å². The molecule has 0 saturated heterocycles. The van der Waals surface area contributed by atoms with Gasteiger partial charge < -0.3 is 23.0 Å². The summed E-state index contributed by atoms with van der Waals surface area (Å²) in [5, 5.41) is 4.89. The highest BCUT2D eigenvalue weighted by molar-refractivity contribution is 6.30. The van der Waals surface area contributed by atoms with Crippen LogP contribution >= 0.6 is 11.6 Å². The van der Waals surface area contributed by atoms with Gasteiger partial charge in [-0.2, -0.15) is 5.10 Å². The lowest BCUT2D eigenvalue weighted by atomic mass is 10.2. The van der Waals surface area contributed by atoms with E-state index in [1.165, 1.54) is 11.4 Å². The molecule has 9 heteroatoms. The molecule has 6 rings (SSSR count). The number of amides is 1. The predicted octanol–water partition coefficient (Wildman–Crippen LogP) is 8.67. The van der Waals surface area contributed by atoms with E-state index in [-0.39, 0.29) is 12.4 Å². The summed E-state index contributed by atoms with van der Waals surface area (Å²) >= 11 is 5.97. The number of carbonyl (C=O) groups is 1. The molecule has 0 aliphatic carbocycles. The van der Waals surface area contributed by atoms with E-state index in [0.717, 1.165) is 39.6 Å². The molecule has 0 fully saturated rings. The summed E-state index contributed by atoms with van der Waals surface area (Å²) < 4.78 is 21.8. The Morgan fingerprint density at radius 3 is 1.98 bits per heavy atom. The maximum atomic E-state index is 12.7. The van der Waals surface area contributed by atoms with E-state index in [0.29, 0.717) is 23.1 Å². The highest BCUT2D eigenvalue weighted by Gasteiger charge is 2.13. The first-order valence-corrected chi connectivity index (χ1v) is 15.6. The zero-order chi connectivity index (χ0) is 32.9. The Morgan fingerprint density at radius 1 is 0.745 bits per heavy atom. The minimum atomic E-state index is -0.447. The molecule has 6 aromatic rings. The fourth-order valence-electron chi connectivity index (χ4n) is 5.47. The van der Waals surface area contributed by atoms with Crippen LogP contribution < -0.4 is 14.9 Å². The summed E-state index contributed by atoms with van der Waals surface area (Å²) in [6.07, 6.45) is 1.63. The lowest BCUT2D eigenvalue weighted by molar-refractivity contribution is 0.0923. The van der Waals surface area contributed by atoms with E-state index in [4.69, 9.17) is 25.5 Å². The third-order valence-corrected chi connectivity index (χ3v) is 8.14. The Balaban J connectivity index is 1.02. The molecule has 8 nitrogen and oxygen atoms in total. The average Bonchev–Trinajstić information content (AvgIpc) is 3.77. The van der Waals surface area contributed by atoms with E-state index in [9.17, 15) is 4.79 Å². The number of carbonyl (C=O) groups excluding carboxylic acids is 1. The number of nitrogens with zero attached hydrogens (tertiary/aromatic N) is 3. The van der Waals surface area contributed by atoms with Crippen LogP contribution in [-0.4, -0.2) is 21.3 Å². The number of aromatic nitrogens is 2. The molecule has 3 heterocycles. The van der Waals surface area contributed by atoms with Crippen LogP contribution in [0, 0.1) is 27.7 Å². The van der Waals surface area contributed by atoms with Crippen LogP contribution in [0.4, 0.5) is 0 Å². The van der Waals surface area contributed by atoms with Gasteiger partial charge in [0.1, 0.15) is 30.5 Å². The largest absolute Gasteiger partial charge is 0.489 e. The number of nitrogens with one attached hydrogen (secondary N) is 1. The third-order valence-electron chi connectivity index (χ3n) is 7.89. The first-order chi connectivity index (χ1) is 22.7. The second-order valence-electron chi connectivity index (χ2n) is 11.3. The highest BCUT2D eigenvalue weighted by atomic mass is 35.5. The van der Waals surface area contributed by atoms with Crippen LogP contribution in [0.2, 0.25) is 5.02 Å². The van der Waals surface area contributed by atoms with Crippen molar-refractivity contribution in [2.45, 2.75) is 40.9 Å². The molecule has 0 radical (unpaired) electrons. The predicted molar refractivity (Wildman–Crippen MR) is 184 cm³/mol. The zero-order valence-electron chi connectivity index (χ0n) is 26.7. The lowest BCUT2D eigenvalue weighted by Crippen LogP contribution is -2.16. The summed E-state index contributed by atoms with van der Waals surface area (Å²) in [5.74, 6) is 1.72.